The molecule has 4 rings (SSSR count). The maximum Gasteiger partial charge on any atom is 0.245 e. The van der Waals surface area contributed by atoms with Crippen LogP contribution >= 0.6 is 11.7 Å². The van der Waals surface area contributed by atoms with Gasteiger partial charge in [-0.2, -0.15) is 13.1 Å². The fraction of sp³-hybridized carbons (Fsp3) is 0.333. The van der Waals surface area contributed by atoms with Gasteiger partial charge in [0, 0.05) is 38.3 Å². The molecular weight excluding hydrogens is 403 g/mol. The molecule has 0 atom stereocenters. The summed E-state index contributed by atoms with van der Waals surface area (Å²) in [6.45, 7) is 2.30. The Hall–Kier alpha value is -2.14. The molecule has 1 fully saturated rings. The first-order chi connectivity index (χ1) is 13.5. The third-order valence-electron chi connectivity index (χ3n) is 4.83. The molecule has 0 unspecified atom stereocenters. The molecular formula is C18H19FN4O3S2. The highest BCUT2D eigenvalue weighted by Gasteiger charge is 2.30. The predicted molar refractivity (Wildman–Crippen MR) is 104 cm³/mol. The van der Waals surface area contributed by atoms with Crippen LogP contribution < -0.4 is 4.74 Å². The summed E-state index contributed by atoms with van der Waals surface area (Å²) < 4.78 is 54.8. The van der Waals surface area contributed by atoms with E-state index in [0.717, 1.165) is 17.3 Å². The Morgan fingerprint density at radius 2 is 1.93 bits per heavy atom. The number of piperazine rings is 1. The average molecular weight is 423 g/mol. The topological polar surface area (TPSA) is 75.6 Å². The highest BCUT2D eigenvalue weighted by molar-refractivity contribution is 7.89. The summed E-state index contributed by atoms with van der Waals surface area (Å²) in [5.41, 5.74) is 1.75. The molecule has 0 radical (unpaired) electrons. The fourth-order valence-corrected chi connectivity index (χ4v) is 5.54. The molecule has 2 aromatic carbocycles. The molecule has 1 saturated heterocycles. The molecule has 0 amide bonds. The molecule has 0 saturated carbocycles. The van der Waals surface area contributed by atoms with Crippen LogP contribution in [0.2, 0.25) is 0 Å². The molecule has 1 aliphatic rings. The van der Waals surface area contributed by atoms with E-state index in [1.54, 1.807) is 31.4 Å². The normalized spacial score (nSPS) is 16.5. The molecule has 0 bridgehead atoms. The minimum atomic E-state index is -3.65. The highest BCUT2D eigenvalue weighted by atomic mass is 32.2. The molecule has 1 aliphatic heterocycles. The van der Waals surface area contributed by atoms with Crippen molar-refractivity contribution in [3.63, 3.8) is 0 Å². The molecule has 3 aromatic rings. The van der Waals surface area contributed by atoms with Crippen LogP contribution in [-0.4, -0.2) is 59.7 Å². The van der Waals surface area contributed by atoms with Gasteiger partial charge in [-0.1, -0.05) is 6.07 Å². The van der Waals surface area contributed by atoms with E-state index in [-0.39, 0.29) is 10.7 Å². The summed E-state index contributed by atoms with van der Waals surface area (Å²) in [6.07, 6.45) is 0. The Balaban J connectivity index is 1.48. The second-order valence-electron chi connectivity index (χ2n) is 6.52. The number of hydrogen-bond acceptors (Lipinski definition) is 7. The van der Waals surface area contributed by atoms with Crippen molar-refractivity contribution in [2.24, 2.45) is 0 Å². The lowest BCUT2D eigenvalue weighted by Gasteiger charge is -2.34. The summed E-state index contributed by atoms with van der Waals surface area (Å²) >= 11 is 1.00. The van der Waals surface area contributed by atoms with Crippen molar-refractivity contribution in [2.75, 3.05) is 33.3 Å². The van der Waals surface area contributed by atoms with Gasteiger partial charge >= 0.3 is 0 Å². The maximum absolute atomic E-state index is 13.6. The number of ether oxygens (including phenoxy) is 1. The van der Waals surface area contributed by atoms with Gasteiger partial charge in [-0.25, -0.2) is 12.8 Å². The Morgan fingerprint density at radius 1 is 1.14 bits per heavy atom. The average Bonchev–Trinajstić information content (AvgIpc) is 3.17. The van der Waals surface area contributed by atoms with E-state index in [2.05, 4.69) is 13.6 Å². The maximum atomic E-state index is 13.6. The summed E-state index contributed by atoms with van der Waals surface area (Å²) in [4.78, 5) is 2.29. The van der Waals surface area contributed by atoms with Gasteiger partial charge in [-0.15, -0.1) is 0 Å². The van der Waals surface area contributed by atoms with E-state index < -0.39 is 10.0 Å². The van der Waals surface area contributed by atoms with Crippen molar-refractivity contribution in [3.05, 3.63) is 47.8 Å². The summed E-state index contributed by atoms with van der Waals surface area (Å²) in [5, 5.41) is 0. The van der Waals surface area contributed by atoms with Crippen LogP contribution in [0.4, 0.5) is 4.39 Å². The van der Waals surface area contributed by atoms with E-state index >= 15 is 0 Å². The van der Waals surface area contributed by atoms with Crippen molar-refractivity contribution in [3.8, 4) is 5.75 Å². The van der Waals surface area contributed by atoms with E-state index in [4.69, 9.17) is 4.74 Å². The Bertz CT molecular complexity index is 1100. The first-order valence-corrected chi connectivity index (χ1v) is 10.9. The molecule has 1 aromatic heterocycles. The van der Waals surface area contributed by atoms with Crippen molar-refractivity contribution in [1.29, 1.82) is 0 Å². The van der Waals surface area contributed by atoms with Crippen LogP contribution in [0.5, 0.6) is 5.75 Å². The van der Waals surface area contributed by atoms with Gasteiger partial charge in [0.15, 0.2) is 0 Å². The van der Waals surface area contributed by atoms with Crippen molar-refractivity contribution in [1.82, 2.24) is 18.0 Å². The largest absolute Gasteiger partial charge is 0.496 e. The second-order valence-corrected chi connectivity index (χ2v) is 8.96. The zero-order chi connectivity index (χ0) is 19.7. The molecule has 10 heteroatoms. The van der Waals surface area contributed by atoms with Crippen LogP contribution in [0, 0.1) is 5.82 Å². The molecule has 7 nitrogen and oxygen atoms in total. The lowest BCUT2D eigenvalue weighted by atomic mass is 10.1. The van der Waals surface area contributed by atoms with E-state index in [0.29, 0.717) is 49.5 Å². The Kier molecular flexibility index (Phi) is 5.28. The molecule has 148 valence electrons. The molecule has 0 spiro atoms. The van der Waals surface area contributed by atoms with Crippen LogP contribution in [0.15, 0.2) is 41.3 Å². The summed E-state index contributed by atoms with van der Waals surface area (Å²) in [6, 6.07) is 9.43. The number of methoxy groups -OCH3 is 1. The van der Waals surface area contributed by atoms with Gasteiger partial charge in [0.1, 0.15) is 27.5 Å². The number of hydrogen-bond donors (Lipinski definition) is 0. The van der Waals surface area contributed by atoms with Gasteiger partial charge in [0.05, 0.1) is 18.8 Å². The zero-order valence-corrected chi connectivity index (χ0v) is 16.8. The van der Waals surface area contributed by atoms with Crippen molar-refractivity contribution < 1.29 is 17.5 Å². The first-order valence-electron chi connectivity index (χ1n) is 8.75. The number of aromatic nitrogens is 2. The minimum Gasteiger partial charge on any atom is -0.496 e. The van der Waals surface area contributed by atoms with Gasteiger partial charge in [0.2, 0.25) is 10.0 Å². The molecule has 0 N–H and O–H groups in total. The van der Waals surface area contributed by atoms with Crippen molar-refractivity contribution in [2.45, 2.75) is 11.4 Å². The third kappa shape index (κ3) is 3.60. The zero-order valence-electron chi connectivity index (χ0n) is 15.2. The highest BCUT2D eigenvalue weighted by Crippen LogP contribution is 2.26. The quantitative estimate of drug-likeness (QED) is 0.628. The van der Waals surface area contributed by atoms with Gasteiger partial charge < -0.3 is 4.74 Å². The summed E-state index contributed by atoms with van der Waals surface area (Å²) in [5.74, 6) is 0.307. The van der Waals surface area contributed by atoms with E-state index in [1.165, 1.54) is 16.4 Å². The van der Waals surface area contributed by atoms with E-state index in [9.17, 15) is 12.8 Å². The number of halogens is 1. The van der Waals surface area contributed by atoms with Crippen molar-refractivity contribution >= 4 is 32.8 Å². The number of sulfonamides is 1. The second kappa shape index (κ2) is 7.70. The molecule has 0 aliphatic carbocycles. The molecule has 28 heavy (non-hydrogen) atoms. The van der Waals surface area contributed by atoms with E-state index in [1.807, 2.05) is 0 Å². The lowest BCUT2D eigenvalue weighted by Crippen LogP contribution is -2.48. The van der Waals surface area contributed by atoms with Crippen LogP contribution in [0.25, 0.3) is 11.0 Å². The monoisotopic (exact) mass is 422 g/mol. The molecule has 2 heterocycles. The van der Waals surface area contributed by atoms with Gasteiger partial charge in [-0.05, 0) is 30.3 Å². The van der Waals surface area contributed by atoms with Crippen LogP contribution in [0.1, 0.15) is 5.56 Å². The lowest BCUT2D eigenvalue weighted by molar-refractivity contribution is 0.180. The van der Waals surface area contributed by atoms with Gasteiger partial charge in [-0.3, -0.25) is 4.90 Å². The smallest absolute Gasteiger partial charge is 0.245 e. The first kappa shape index (κ1) is 19.2. The minimum absolute atomic E-state index is 0.194. The third-order valence-corrected chi connectivity index (χ3v) is 7.31. The number of benzene rings is 2. The number of nitrogens with zero attached hydrogens (tertiary/aromatic N) is 4. The Labute approximate surface area is 166 Å². The number of fused-ring (bicyclic) bond motifs is 1. The Morgan fingerprint density at radius 3 is 2.68 bits per heavy atom. The predicted octanol–water partition coefficient (Wildman–Crippen LogP) is 2.35. The fourth-order valence-electron chi connectivity index (χ4n) is 3.37. The number of rotatable bonds is 5. The SMILES string of the molecule is COc1ccc(F)cc1CN1CCN(S(=O)(=O)c2cccc3nsnc23)CC1. The van der Waals surface area contributed by atoms with Crippen LogP contribution in [0.3, 0.4) is 0 Å². The summed E-state index contributed by atoms with van der Waals surface area (Å²) in [7, 11) is -2.10. The van der Waals surface area contributed by atoms with Gasteiger partial charge in [0.25, 0.3) is 0 Å². The standard InChI is InChI=1S/C18H19FN4O3S2/c1-26-16-6-5-14(19)11-13(16)12-22-7-9-23(10-8-22)28(24,25)17-4-2-3-15-18(17)21-27-20-15/h2-6,11H,7-10,12H2,1H3. The van der Waals surface area contributed by atoms with Crippen LogP contribution in [-0.2, 0) is 16.6 Å².